The molecule has 0 aliphatic carbocycles. The van der Waals surface area contributed by atoms with Gasteiger partial charge in [0.15, 0.2) is 16.6 Å². The highest BCUT2D eigenvalue weighted by atomic mass is 35.5. The summed E-state index contributed by atoms with van der Waals surface area (Å²) in [7, 11) is 1.16. The van der Waals surface area contributed by atoms with Crippen LogP contribution in [0.5, 0.6) is 0 Å². The van der Waals surface area contributed by atoms with Crippen LogP contribution in [0.2, 0.25) is 10.2 Å². The lowest BCUT2D eigenvalue weighted by atomic mass is 10.1. The summed E-state index contributed by atoms with van der Waals surface area (Å²) in [6.45, 7) is 1.26. The van der Waals surface area contributed by atoms with E-state index in [1.807, 2.05) is 0 Å². The number of halogens is 2. The molecule has 0 radical (unpaired) electrons. The molecule has 0 spiro atoms. The SMILES string of the molecule is COC(=O)c1nc(Cl)c(N)c(C(C)=O)c1Cl. The van der Waals surface area contributed by atoms with Crippen LogP contribution >= 0.6 is 23.2 Å². The number of aromatic nitrogens is 1. The van der Waals surface area contributed by atoms with E-state index in [0.717, 1.165) is 7.11 Å². The van der Waals surface area contributed by atoms with Gasteiger partial charge in [-0.25, -0.2) is 9.78 Å². The maximum Gasteiger partial charge on any atom is 0.358 e. The molecule has 5 nitrogen and oxygen atoms in total. The van der Waals surface area contributed by atoms with Crippen molar-refractivity contribution in [2.75, 3.05) is 12.8 Å². The fourth-order valence-electron chi connectivity index (χ4n) is 1.12. The van der Waals surface area contributed by atoms with Crippen LogP contribution in [0.25, 0.3) is 0 Å². The predicted octanol–water partition coefficient (Wildman–Crippen LogP) is 1.96. The number of carbonyl (C=O) groups is 2. The monoisotopic (exact) mass is 262 g/mol. The lowest BCUT2D eigenvalue weighted by Gasteiger charge is -2.09. The number of pyridine rings is 1. The zero-order valence-corrected chi connectivity index (χ0v) is 10.0. The number of hydrogen-bond acceptors (Lipinski definition) is 5. The minimum Gasteiger partial charge on any atom is -0.464 e. The zero-order chi connectivity index (χ0) is 12.5. The summed E-state index contributed by atoms with van der Waals surface area (Å²) in [4.78, 5) is 26.3. The summed E-state index contributed by atoms with van der Waals surface area (Å²) in [5.74, 6) is -1.19. The molecule has 86 valence electrons. The minimum absolute atomic E-state index is 0.0259. The van der Waals surface area contributed by atoms with Crippen LogP contribution in [-0.2, 0) is 4.74 Å². The van der Waals surface area contributed by atoms with Gasteiger partial charge in [0.05, 0.1) is 23.4 Å². The Balaban J connectivity index is 3.56. The first-order chi connectivity index (χ1) is 7.40. The van der Waals surface area contributed by atoms with Gasteiger partial charge in [0, 0.05) is 0 Å². The van der Waals surface area contributed by atoms with Crippen LogP contribution in [-0.4, -0.2) is 23.8 Å². The van der Waals surface area contributed by atoms with Crippen molar-refractivity contribution in [1.82, 2.24) is 4.98 Å². The number of anilines is 1. The van der Waals surface area contributed by atoms with Gasteiger partial charge < -0.3 is 10.5 Å². The molecule has 0 atom stereocenters. The zero-order valence-electron chi connectivity index (χ0n) is 8.51. The Morgan fingerprint density at radius 2 is 1.94 bits per heavy atom. The van der Waals surface area contributed by atoms with Gasteiger partial charge in [-0.3, -0.25) is 4.79 Å². The summed E-state index contributed by atoms with van der Waals surface area (Å²) in [6, 6.07) is 0. The lowest BCUT2D eigenvalue weighted by molar-refractivity contribution is 0.0594. The van der Waals surface area contributed by atoms with Gasteiger partial charge in [0.1, 0.15) is 0 Å². The van der Waals surface area contributed by atoms with Crippen LogP contribution < -0.4 is 5.73 Å². The highest BCUT2D eigenvalue weighted by molar-refractivity contribution is 6.39. The highest BCUT2D eigenvalue weighted by Gasteiger charge is 2.23. The molecule has 0 aliphatic heterocycles. The van der Waals surface area contributed by atoms with E-state index in [1.54, 1.807) is 0 Å². The number of methoxy groups -OCH3 is 1. The summed E-state index contributed by atoms with van der Waals surface area (Å²) < 4.78 is 4.45. The molecule has 2 N–H and O–H groups in total. The molecule has 0 fully saturated rings. The highest BCUT2D eigenvalue weighted by Crippen LogP contribution is 2.30. The Bertz CT molecular complexity index is 474. The number of nitrogens with two attached hydrogens (primary N) is 1. The van der Waals surface area contributed by atoms with Crippen LogP contribution in [0.4, 0.5) is 5.69 Å². The van der Waals surface area contributed by atoms with Crippen LogP contribution in [0, 0.1) is 0 Å². The molecule has 0 bridgehead atoms. The number of esters is 1. The predicted molar refractivity (Wildman–Crippen MR) is 60.0 cm³/mol. The molecule has 1 rings (SSSR count). The minimum atomic E-state index is -0.783. The van der Waals surface area contributed by atoms with E-state index in [-0.39, 0.29) is 27.1 Å². The van der Waals surface area contributed by atoms with E-state index >= 15 is 0 Å². The van der Waals surface area contributed by atoms with Gasteiger partial charge in [-0.15, -0.1) is 0 Å². The molecule has 0 aliphatic rings. The fourth-order valence-corrected chi connectivity index (χ4v) is 1.66. The Hall–Kier alpha value is -1.33. The van der Waals surface area contributed by atoms with Crippen molar-refractivity contribution in [3.63, 3.8) is 0 Å². The quantitative estimate of drug-likeness (QED) is 0.501. The number of hydrogen-bond donors (Lipinski definition) is 1. The first kappa shape index (κ1) is 12.7. The van der Waals surface area contributed by atoms with Crippen LogP contribution in [0.1, 0.15) is 27.8 Å². The Labute approximate surface area is 101 Å². The lowest BCUT2D eigenvalue weighted by Crippen LogP contribution is -2.11. The summed E-state index contributed by atoms with van der Waals surface area (Å²) >= 11 is 11.5. The molecule has 7 heteroatoms. The Morgan fingerprint density at radius 3 is 2.38 bits per heavy atom. The van der Waals surface area contributed by atoms with Crippen molar-refractivity contribution < 1.29 is 14.3 Å². The largest absolute Gasteiger partial charge is 0.464 e. The number of ketones is 1. The maximum absolute atomic E-state index is 11.3. The van der Waals surface area contributed by atoms with Crippen molar-refractivity contribution in [3.05, 3.63) is 21.4 Å². The number of carbonyl (C=O) groups excluding carboxylic acids is 2. The summed E-state index contributed by atoms with van der Waals surface area (Å²) in [5.41, 5.74) is 5.24. The van der Waals surface area contributed by atoms with Gasteiger partial charge in [-0.1, -0.05) is 23.2 Å². The second-order valence-corrected chi connectivity index (χ2v) is 3.64. The van der Waals surface area contributed by atoms with Gasteiger partial charge in [0.25, 0.3) is 0 Å². The molecule has 0 amide bonds. The smallest absolute Gasteiger partial charge is 0.358 e. The first-order valence-electron chi connectivity index (χ1n) is 4.13. The molecular weight excluding hydrogens is 255 g/mol. The topological polar surface area (TPSA) is 82.3 Å². The average Bonchev–Trinajstić information content (AvgIpc) is 2.22. The molecule has 0 unspecified atom stereocenters. The average molecular weight is 263 g/mol. The van der Waals surface area contributed by atoms with Gasteiger partial charge in [0.2, 0.25) is 0 Å². The molecule has 1 heterocycles. The molecule has 0 saturated heterocycles. The number of nitrogen functional groups attached to an aromatic ring is 1. The molecule has 0 aromatic carbocycles. The second kappa shape index (κ2) is 4.67. The molecular formula is C9H8Cl2N2O3. The fraction of sp³-hybridized carbons (Fsp3) is 0.222. The van der Waals surface area contributed by atoms with Crippen molar-refractivity contribution in [2.45, 2.75) is 6.92 Å². The molecule has 1 aromatic rings. The maximum atomic E-state index is 11.3. The summed E-state index contributed by atoms with van der Waals surface area (Å²) in [6.07, 6.45) is 0. The van der Waals surface area contributed by atoms with Crippen molar-refractivity contribution >= 4 is 40.6 Å². The van der Waals surface area contributed by atoms with Crippen LogP contribution in [0.3, 0.4) is 0 Å². The first-order valence-corrected chi connectivity index (χ1v) is 4.89. The van der Waals surface area contributed by atoms with E-state index < -0.39 is 11.8 Å². The van der Waals surface area contributed by atoms with E-state index in [9.17, 15) is 9.59 Å². The number of rotatable bonds is 2. The van der Waals surface area contributed by atoms with Crippen LogP contribution in [0.15, 0.2) is 0 Å². The molecule has 0 saturated carbocycles. The number of nitrogens with zero attached hydrogens (tertiary/aromatic N) is 1. The van der Waals surface area contributed by atoms with E-state index in [0.29, 0.717) is 0 Å². The Morgan fingerprint density at radius 1 is 1.38 bits per heavy atom. The molecule has 1 aromatic heterocycles. The van der Waals surface area contributed by atoms with Gasteiger partial charge in [-0.2, -0.15) is 0 Å². The van der Waals surface area contributed by atoms with Gasteiger partial charge >= 0.3 is 5.97 Å². The third-order valence-corrected chi connectivity index (χ3v) is 2.52. The second-order valence-electron chi connectivity index (χ2n) is 2.90. The van der Waals surface area contributed by atoms with Crippen molar-refractivity contribution in [1.29, 1.82) is 0 Å². The van der Waals surface area contributed by atoms with E-state index in [2.05, 4.69) is 9.72 Å². The summed E-state index contributed by atoms with van der Waals surface area (Å²) in [5, 5.41) is -0.309. The van der Waals surface area contributed by atoms with Crippen molar-refractivity contribution in [3.8, 4) is 0 Å². The third kappa shape index (κ3) is 2.10. The number of ether oxygens (including phenoxy) is 1. The number of Topliss-reactive ketones (excluding diaryl/α,β-unsaturated/α-hetero) is 1. The third-order valence-electron chi connectivity index (χ3n) is 1.86. The normalized spacial score (nSPS) is 10.0. The molecule has 16 heavy (non-hydrogen) atoms. The van der Waals surface area contributed by atoms with Gasteiger partial charge in [-0.05, 0) is 6.92 Å². The van der Waals surface area contributed by atoms with Crippen molar-refractivity contribution in [2.24, 2.45) is 0 Å². The Kier molecular flexibility index (Phi) is 3.72. The van der Waals surface area contributed by atoms with E-state index in [1.165, 1.54) is 6.92 Å². The van der Waals surface area contributed by atoms with E-state index in [4.69, 9.17) is 28.9 Å². The standard InChI is InChI=1S/C9H8Cl2N2O3/c1-3(14)4-5(10)7(9(15)16-2)13-8(11)6(4)12/h12H2,1-2H3.